The number of H-pyrrole nitrogens is 1. The molecule has 9 heteroatoms. The van der Waals surface area contributed by atoms with E-state index in [1.807, 2.05) is 24.3 Å². The minimum Gasteiger partial charge on any atom is -0.497 e. The molecule has 2 aromatic rings. The zero-order valence-electron chi connectivity index (χ0n) is 17.4. The largest absolute Gasteiger partial charge is 0.497 e. The van der Waals surface area contributed by atoms with Gasteiger partial charge in [0.05, 0.1) is 30.2 Å². The average Bonchev–Trinajstić information content (AvgIpc) is 3.26. The Labute approximate surface area is 176 Å². The molecule has 1 aromatic carbocycles. The third-order valence-corrected chi connectivity index (χ3v) is 7.85. The first-order valence-corrected chi connectivity index (χ1v) is 12.0. The van der Waals surface area contributed by atoms with E-state index in [2.05, 4.69) is 9.88 Å². The molecule has 1 fully saturated rings. The molecule has 0 aliphatic carbocycles. The molecule has 0 radical (unpaired) electrons. The Morgan fingerprint density at radius 2 is 2.00 bits per heavy atom. The normalized spacial score (nSPS) is 20.3. The topological polar surface area (TPSA) is 95.6 Å². The van der Waals surface area contributed by atoms with Gasteiger partial charge in [0.2, 0.25) is 10.0 Å². The highest BCUT2D eigenvalue weighted by Crippen LogP contribution is 2.32. The van der Waals surface area contributed by atoms with Crippen LogP contribution in [0.25, 0.3) is 0 Å². The first-order chi connectivity index (χ1) is 14.4. The lowest BCUT2D eigenvalue weighted by Crippen LogP contribution is -2.38. The van der Waals surface area contributed by atoms with E-state index in [-0.39, 0.29) is 17.4 Å². The van der Waals surface area contributed by atoms with Crippen LogP contribution in [0.3, 0.4) is 0 Å². The monoisotopic (exact) mass is 432 g/mol. The Morgan fingerprint density at radius 3 is 2.70 bits per heavy atom. The van der Waals surface area contributed by atoms with Gasteiger partial charge in [0.25, 0.3) is 5.56 Å². The molecule has 0 amide bonds. The summed E-state index contributed by atoms with van der Waals surface area (Å²) in [5.41, 5.74) is 2.48. The minimum absolute atomic E-state index is 0.0546. The highest BCUT2D eigenvalue weighted by molar-refractivity contribution is 7.89. The molecule has 8 nitrogen and oxygen atoms in total. The molecule has 1 aromatic heterocycles. The third kappa shape index (κ3) is 4.14. The summed E-state index contributed by atoms with van der Waals surface area (Å²) < 4.78 is 31.5. The Hall–Kier alpha value is -2.23. The smallest absolute Gasteiger partial charge is 0.255 e. The van der Waals surface area contributed by atoms with E-state index in [0.29, 0.717) is 37.3 Å². The lowest BCUT2D eigenvalue weighted by atomic mass is 10.1. The van der Waals surface area contributed by atoms with Crippen molar-refractivity contribution >= 4 is 10.0 Å². The van der Waals surface area contributed by atoms with Crippen molar-refractivity contribution in [2.45, 2.75) is 45.3 Å². The van der Waals surface area contributed by atoms with Gasteiger partial charge in [0.15, 0.2) is 0 Å². The van der Waals surface area contributed by atoms with Gasteiger partial charge in [-0.15, -0.1) is 0 Å². The Kier molecular flexibility index (Phi) is 5.95. The summed E-state index contributed by atoms with van der Waals surface area (Å²) in [6.45, 7) is 4.21. The number of fused-ring (bicyclic) bond motifs is 1. The quantitative estimate of drug-likeness (QED) is 0.748. The first kappa shape index (κ1) is 21.0. The van der Waals surface area contributed by atoms with E-state index in [4.69, 9.17) is 9.72 Å². The van der Waals surface area contributed by atoms with Gasteiger partial charge in [-0.25, -0.2) is 13.4 Å². The Balaban J connectivity index is 1.53. The molecule has 2 aliphatic heterocycles. The molecule has 30 heavy (non-hydrogen) atoms. The molecular weight excluding hydrogens is 404 g/mol. The van der Waals surface area contributed by atoms with Crippen molar-refractivity contribution in [1.82, 2.24) is 19.2 Å². The van der Waals surface area contributed by atoms with Crippen molar-refractivity contribution in [3.05, 3.63) is 57.3 Å². The van der Waals surface area contributed by atoms with Crippen molar-refractivity contribution in [3.8, 4) is 5.75 Å². The van der Waals surface area contributed by atoms with E-state index >= 15 is 0 Å². The van der Waals surface area contributed by atoms with Crippen LogP contribution >= 0.6 is 0 Å². The second-order valence-corrected chi connectivity index (χ2v) is 10.1. The summed E-state index contributed by atoms with van der Waals surface area (Å²) in [6, 6.07) is 7.56. The predicted molar refractivity (Wildman–Crippen MR) is 114 cm³/mol. The van der Waals surface area contributed by atoms with Gasteiger partial charge in [0, 0.05) is 32.6 Å². The second-order valence-electron chi connectivity index (χ2n) is 7.85. The van der Waals surface area contributed by atoms with Crippen LogP contribution < -0.4 is 10.3 Å². The third-order valence-electron chi connectivity index (χ3n) is 5.97. The molecule has 0 spiro atoms. The lowest BCUT2D eigenvalue weighted by molar-refractivity contribution is 0.240. The van der Waals surface area contributed by atoms with Crippen LogP contribution in [0.5, 0.6) is 5.75 Å². The van der Waals surface area contributed by atoms with E-state index in [1.165, 1.54) is 4.31 Å². The van der Waals surface area contributed by atoms with Crippen LogP contribution in [0.15, 0.2) is 29.1 Å². The number of rotatable bonds is 6. The molecule has 162 valence electrons. The van der Waals surface area contributed by atoms with Crippen LogP contribution in [0.4, 0.5) is 0 Å². The molecular formula is C21H28N4O4S. The fourth-order valence-electron chi connectivity index (χ4n) is 4.29. The van der Waals surface area contributed by atoms with Gasteiger partial charge in [-0.3, -0.25) is 9.69 Å². The second kappa shape index (κ2) is 8.49. The fourth-order valence-corrected chi connectivity index (χ4v) is 5.63. The van der Waals surface area contributed by atoms with Crippen molar-refractivity contribution in [3.63, 3.8) is 0 Å². The Morgan fingerprint density at radius 1 is 1.23 bits per heavy atom. The number of hydrogen-bond donors (Lipinski definition) is 1. The van der Waals surface area contributed by atoms with Gasteiger partial charge in [-0.1, -0.05) is 12.1 Å². The molecule has 0 bridgehead atoms. The van der Waals surface area contributed by atoms with Crippen LogP contribution in [0.1, 0.15) is 48.5 Å². The maximum absolute atomic E-state index is 12.8. The average molecular weight is 433 g/mol. The van der Waals surface area contributed by atoms with Gasteiger partial charge in [-0.2, -0.15) is 4.31 Å². The van der Waals surface area contributed by atoms with Gasteiger partial charge in [0.1, 0.15) is 11.6 Å². The number of ether oxygens (including phenoxy) is 1. The summed E-state index contributed by atoms with van der Waals surface area (Å²) in [7, 11) is -1.68. The van der Waals surface area contributed by atoms with E-state index in [1.54, 1.807) is 14.0 Å². The van der Waals surface area contributed by atoms with Gasteiger partial charge < -0.3 is 9.72 Å². The zero-order valence-corrected chi connectivity index (χ0v) is 18.2. The molecule has 0 unspecified atom stereocenters. The molecule has 2 aliphatic rings. The lowest BCUT2D eigenvalue weighted by Gasteiger charge is -2.29. The molecule has 1 atom stereocenters. The Bertz CT molecular complexity index is 1070. The van der Waals surface area contributed by atoms with Crippen LogP contribution in [-0.4, -0.2) is 53.5 Å². The molecule has 1 saturated heterocycles. The number of sulfonamides is 1. The van der Waals surface area contributed by atoms with E-state index in [0.717, 1.165) is 36.5 Å². The first-order valence-electron chi connectivity index (χ1n) is 10.4. The molecule has 1 N–H and O–H groups in total. The number of nitrogens with zero attached hydrogens (tertiary/aromatic N) is 3. The number of hydrogen-bond acceptors (Lipinski definition) is 6. The van der Waals surface area contributed by atoms with Gasteiger partial charge >= 0.3 is 0 Å². The SMILES string of the molecule is CCS(=O)(=O)N1CCC[C@H]1c1nc2c(c(=O)[nH]1)CN(Cc1ccc(OC)cc1)CC2. The number of aromatic amines is 1. The molecule has 0 saturated carbocycles. The minimum atomic E-state index is -3.32. The maximum atomic E-state index is 12.8. The van der Waals surface area contributed by atoms with Gasteiger partial charge in [-0.05, 0) is 37.5 Å². The maximum Gasteiger partial charge on any atom is 0.255 e. The summed E-state index contributed by atoms with van der Waals surface area (Å²) in [5.74, 6) is 1.36. The van der Waals surface area contributed by atoms with Crippen LogP contribution in [0, 0.1) is 0 Å². The molecule has 3 heterocycles. The highest BCUT2D eigenvalue weighted by atomic mass is 32.2. The molecule has 4 rings (SSSR count). The van der Waals surface area contributed by atoms with E-state index in [9.17, 15) is 13.2 Å². The van der Waals surface area contributed by atoms with Crippen molar-refractivity contribution in [2.75, 3.05) is 26.0 Å². The van der Waals surface area contributed by atoms with Crippen LogP contribution in [0.2, 0.25) is 0 Å². The number of aromatic nitrogens is 2. The van der Waals surface area contributed by atoms with Crippen molar-refractivity contribution in [2.24, 2.45) is 0 Å². The predicted octanol–water partition coefficient (Wildman–Crippen LogP) is 1.82. The summed E-state index contributed by atoms with van der Waals surface area (Å²) in [6.07, 6.45) is 2.14. The summed E-state index contributed by atoms with van der Waals surface area (Å²) in [4.78, 5) is 22.7. The summed E-state index contributed by atoms with van der Waals surface area (Å²) >= 11 is 0. The zero-order chi connectivity index (χ0) is 21.3. The van der Waals surface area contributed by atoms with Crippen molar-refractivity contribution < 1.29 is 13.2 Å². The fraction of sp³-hybridized carbons (Fsp3) is 0.524. The number of benzene rings is 1. The summed E-state index contributed by atoms with van der Waals surface area (Å²) in [5, 5.41) is 0. The number of nitrogens with one attached hydrogen (secondary N) is 1. The van der Waals surface area contributed by atoms with Crippen LogP contribution in [-0.2, 0) is 29.5 Å². The number of methoxy groups -OCH3 is 1. The standard InChI is InChI=1S/C21H28N4O4S/c1-3-30(27,28)25-11-4-5-19(25)20-22-18-10-12-24(14-17(18)21(26)23-20)13-15-6-8-16(29-2)9-7-15/h6-9,19H,3-5,10-14H2,1-2H3,(H,22,23,26)/t19-/m0/s1. The highest BCUT2D eigenvalue weighted by Gasteiger charge is 2.36. The van der Waals surface area contributed by atoms with Crippen molar-refractivity contribution in [1.29, 1.82) is 0 Å². The van der Waals surface area contributed by atoms with E-state index < -0.39 is 10.0 Å².